The molecule has 1 N–H and O–H groups in total. The van der Waals surface area contributed by atoms with Gasteiger partial charge in [-0.25, -0.2) is 15.0 Å². The summed E-state index contributed by atoms with van der Waals surface area (Å²) in [5.74, 6) is 1.49. The van der Waals surface area contributed by atoms with E-state index in [9.17, 15) is 0 Å². The lowest BCUT2D eigenvalue weighted by Crippen LogP contribution is -2.01. The molecule has 0 unspecified atom stereocenters. The quantitative estimate of drug-likeness (QED) is 0.616. The van der Waals surface area contributed by atoms with Gasteiger partial charge in [-0.05, 0) is 19.1 Å². The second kappa shape index (κ2) is 4.49. The summed E-state index contributed by atoms with van der Waals surface area (Å²) in [7, 11) is 1.84. The van der Waals surface area contributed by atoms with Crippen LogP contribution in [0, 0.1) is 6.92 Å². The maximum atomic E-state index is 4.63. The van der Waals surface area contributed by atoms with Crippen LogP contribution in [-0.4, -0.2) is 31.8 Å². The Balaban J connectivity index is 1.99. The Hall–Kier alpha value is -2.54. The van der Waals surface area contributed by atoms with Crippen LogP contribution in [0.4, 0.5) is 5.82 Å². The van der Waals surface area contributed by atoms with Gasteiger partial charge in [0, 0.05) is 7.05 Å². The van der Waals surface area contributed by atoms with Gasteiger partial charge in [0.2, 0.25) is 5.13 Å². The average Bonchev–Trinajstić information content (AvgIpc) is 3.09. The summed E-state index contributed by atoms with van der Waals surface area (Å²) in [6.07, 6.45) is 1.77. The van der Waals surface area contributed by atoms with Gasteiger partial charge in [0.25, 0.3) is 0 Å². The third-order valence-corrected chi connectivity index (χ3v) is 4.25. The van der Waals surface area contributed by atoms with Crippen LogP contribution in [0.15, 0.2) is 30.5 Å². The van der Waals surface area contributed by atoms with Crippen molar-refractivity contribution in [1.82, 2.24) is 24.7 Å². The summed E-state index contributed by atoms with van der Waals surface area (Å²) in [6, 6.07) is 8.05. The van der Waals surface area contributed by atoms with E-state index in [0.717, 1.165) is 32.2 Å². The molecule has 1 aromatic carbocycles. The molecule has 21 heavy (non-hydrogen) atoms. The molecule has 0 bridgehead atoms. The van der Waals surface area contributed by atoms with E-state index in [1.54, 1.807) is 22.2 Å². The monoisotopic (exact) mass is 296 g/mol. The van der Waals surface area contributed by atoms with Crippen LogP contribution < -0.4 is 5.32 Å². The molecule has 3 heterocycles. The first-order valence-corrected chi connectivity index (χ1v) is 7.34. The predicted octanol–water partition coefficient (Wildman–Crippen LogP) is 2.78. The van der Waals surface area contributed by atoms with E-state index >= 15 is 0 Å². The zero-order valence-corrected chi connectivity index (χ0v) is 12.3. The number of para-hydroxylation sites is 1. The maximum Gasteiger partial charge on any atom is 0.213 e. The number of anilines is 1. The molecule has 4 rings (SSSR count). The fraction of sp³-hybridized carbons (Fsp3) is 0.143. The number of nitrogens with zero attached hydrogens (tertiary/aromatic N) is 5. The van der Waals surface area contributed by atoms with Crippen LogP contribution in [0.2, 0.25) is 0 Å². The molecule has 0 saturated carbocycles. The molecule has 0 saturated heterocycles. The van der Waals surface area contributed by atoms with Crippen LogP contribution in [0.1, 0.15) is 5.82 Å². The third kappa shape index (κ3) is 1.85. The Kier molecular flexibility index (Phi) is 2.61. The zero-order chi connectivity index (χ0) is 14.4. The van der Waals surface area contributed by atoms with Gasteiger partial charge >= 0.3 is 0 Å². The van der Waals surface area contributed by atoms with E-state index in [4.69, 9.17) is 0 Å². The Morgan fingerprint density at radius 1 is 1.14 bits per heavy atom. The van der Waals surface area contributed by atoms with Crippen molar-refractivity contribution in [3.8, 4) is 5.13 Å². The summed E-state index contributed by atoms with van der Waals surface area (Å²) in [5, 5.41) is 9.22. The number of fused-ring (bicyclic) bond motifs is 2. The summed E-state index contributed by atoms with van der Waals surface area (Å²) < 4.78 is 2.91. The minimum Gasteiger partial charge on any atom is -0.372 e. The number of hydrogen-bond donors (Lipinski definition) is 1. The SMILES string of the molecule is CNc1nc(C)nc2c1cnn2-c1nc2ccccc2s1. The van der Waals surface area contributed by atoms with Gasteiger partial charge < -0.3 is 5.32 Å². The van der Waals surface area contributed by atoms with Crippen LogP contribution in [0.5, 0.6) is 0 Å². The van der Waals surface area contributed by atoms with Crippen molar-refractivity contribution in [2.75, 3.05) is 12.4 Å². The largest absolute Gasteiger partial charge is 0.372 e. The predicted molar refractivity (Wildman–Crippen MR) is 84.1 cm³/mol. The normalized spacial score (nSPS) is 11.3. The smallest absolute Gasteiger partial charge is 0.213 e. The van der Waals surface area contributed by atoms with E-state index in [2.05, 4.69) is 31.4 Å². The summed E-state index contributed by atoms with van der Waals surface area (Å²) in [5.41, 5.74) is 1.74. The molecule has 4 aromatic rings. The second-order valence-electron chi connectivity index (χ2n) is 4.63. The first-order chi connectivity index (χ1) is 10.3. The van der Waals surface area contributed by atoms with Gasteiger partial charge in [-0.1, -0.05) is 23.5 Å². The van der Waals surface area contributed by atoms with Gasteiger partial charge in [-0.2, -0.15) is 9.78 Å². The number of nitrogens with one attached hydrogen (secondary N) is 1. The lowest BCUT2D eigenvalue weighted by molar-refractivity contribution is 0.882. The van der Waals surface area contributed by atoms with Crippen molar-refractivity contribution < 1.29 is 0 Å². The van der Waals surface area contributed by atoms with Gasteiger partial charge in [0.1, 0.15) is 11.6 Å². The van der Waals surface area contributed by atoms with Gasteiger partial charge in [-0.15, -0.1) is 0 Å². The molecule has 0 aliphatic heterocycles. The number of aromatic nitrogens is 5. The van der Waals surface area contributed by atoms with E-state index < -0.39 is 0 Å². The number of hydrogen-bond acceptors (Lipinski definition) is 6. The Bertz CT molecular complexity index is 922. The van der Waals surface area contributed by atoms with Crippen molar-refractivity contribution in [3.05, 3.63) is 36.3 Å². The molecule has 0 aliphatic rings. The number of aryl methyl sites for hydroxylation is 1. The van der Waals surface area contributed by atoms with Crippen molar-refractivity contribution in [1.29, 1.82) is 0 Å². The molecule has 3 aromatic heterocycles. The van der Waals surface area contributed by atoms with E-state index in [0.29, 0.717) is 5.82 Å². The lowest BCUT2D eigenvalue weighted by Gasteiger charge is -2.03. The fourth-order valence-electron chi connectivity index (χ4n) is 2.30. The van der Waals surface area contributed by atoms with E-state index in [1.165, 1.54) is 0 Å². The molecule has 7 heteroatoms. The Morgan fingerprint density at radius 3 is 2.81 bits per heavy atom. The van der Waals surface area contributed by atoms with Crippen LogP contribution in [0.3, 0.4) is 0 Å². The first kappa shape index (κ1) is 12.2. The molecule has 0 aliphatic carbocycles. The number of rotatable bonds is 2. The summed E-state index contributed by atoms with van der Waals surface area (Å²) >= 11 is 1.60. The molecular weight excluding hydrogens is 284 g/mol. The maximum absolute atomic E-state index is 4.63. The minimum absolute atomic E-state index is 0.703. The Labute approximate surface area is 124 Å². The van der Waals surface area contributed by atoms with Crippen LogP contribution >= 0.6 is 11.3 Å². The zero-order valence-electron chi connectivity index (χ0n) is 11.5. The molecule has 0 fully saturated rings. The standard InChI is InChI=1S/C14H12N6S/c1-8-17-12(15-2)9-7-16-20(13(9)18-8)14-19-10-5-3-4-6-11(10)21-14/h3-7H,1-2H3,(H,15,17,18). The fourth-order valence-corrected chi connectivity index (χ4v) is 3.22. The second-order valence-corrected chi connectivity index (χ2v) is 5.64. The molecule has 0 spiro atoms. The topological polar surface area (TPSA) is 68.5 Å². The molecule has 6 nitrogen and oxygen atoms in total. The van der Waals surface area contributed by atoms with Crippen molar-refractivity contribution >= 4 is 38.4 Å². The highest BCUT2D eigenvalue weighted by atomic mass is 32.1. The number of benzene rings is 1. The molecule has 104 valence electrons. The highest BCUT2D eigenvalue weighted by Crippen LogP contribution is 2.27. The van der Waals surface area contributed by atoms with Gasteiger partial charge in [-0.3, -0.25) is 0 Å². The molecule has 0 amide bonds. The molecular formula is C14H12N6S. The molecule has 0 radical (unpaired) electrons. The number of thiazole rings is 1. The first-order valence-electron chi connectivity index (χ1n) is 6.52. The Morgan fingerprint density at radius 2 is 2.00 bits per heavy atom. The van der Waals surface area contributed by atoms with Crippen LogP contribution in [0.25, 0.3) is 26.4 Å². The van der Waals surface area contributed by atoms with Gasteiger partial charge in [0.05, 0.1) is 21.8 Å². The van der Waals surface area contributed by atoms with Gasteiger partial charge in [0.15, 0.2) is 5.65 Å². The minimum atomic E-state index is 0.703. The van der Waals surface area contributed by atoms with Crippen LogP contribution in [-0.2, 0) is 0 Å². The van der Waals surface area contributed by atoms with Crippen molar-refractivity contribution in [2.45, 2.75) is 6.92 Å². The van der Waals surface area contributed by atoms with Crippen molar-refractivity contribution in [2.24, 2.45) is 0 Å². The third-order valence-electron chi connectivity index (χ3n) is 3.24. The highest BCUT2D eigenvalue weighted by Gasteiger charge is 2.14. The molecule has 0 atom stereocenters. The lowest BCUT2D eigenvalue weighted by atomic mass is 10.3. The average molecular weight is 296 g/mol. The van der Waals surface area contributed by atoms with E-state index in [-0.39, 0.29) is 0 Å². The summed E-state index contributed by atoms with van der Waals surface area (Å²) in [4.78, 5) is 13.5. The highest BCUT2D eigenvalue weighted by molar-refractivity contribution is 7.20. The van der Waals surface area contributed by atoms with Crippen molar-refractivity contribution in [3.63, 3.8) is 0 Å². The van der Waals surface area contributed by atoms with E-state index in [1.807, 2.05) is 32.2 Å². The summed E-state index contributed by atoms with van der Waals surface area (Å²) in [6.45, 7) is 1.87.